The minimum absolute atomic E-state index is 0.123. The Morgan fingerprint density at radius 3 is 2.52 bits per heavy atom. The minimum atomic E-state index is -0.724. The van der Waals surface area contributed by atoms with Gasteiger partial charge in [0.25, 0.3) is 0 Å². The number of Topliss-reactive ketones (excluding diaryl/α,β-unsaturated/α-hetero) is 1. The zero-order chi connectivity index (χ0) is 15.2. The smallest absolute Gasteiger partial charge is 0.174 e. The van der Waals surface area contributed by atoms with Gasteiger partial charge in [0.05, 0.1) is 0 Å². The van der Waals surface area contributed by atoms with Gasteiger partial charge in [-0.2, -0.15) is 0 Å². The van der Waals surface area contributed by atoms with Gasteiger partial charge in [0, 0.05) is 12.0 Å². The molecule has 3 nitrogen and oxygen atoms in total. The van der Waals surface area contributed by atoms with E-state index < -0.39 is 11.6 Å². The van der Waals surface area contributed by atoms with Gasteiger partial charge in [-0.3, -0.25) is 9.59 Å². The van der Waals surface area contributed by atoms with E-state index in [0.29, 0.717) is 6.29 Å². The average Bonchev–Trinajstić information content (AvgIpc) is 2.48. The average molecular weight is 290 g/mol. The molecule has 0 fully saturated rings. The molecule has 0 radical (unpaired) electrons. The molecule has 0 saturated carbocycles. The summed E-state index contributed by atoms with van der Waals surface area (Å²) in [5.41, 5.74) is 0.445. The summed E-state index contributed by atoms with van der Waals surface area (Å²) in [6.45, 7) is -0.369. The molecule has 0 aliphatic heterocycles. The molecular formula is C16H12F2O3. The van der Waals surface area contributed by atoms with Gasteiger partial charge in [0.1, 0.15) is 18.7 Å². The fraction of sp³-hybridized carbons (Fsp3) is 0.125. The van der Waals surface area contributed by atoms with Crippen molar-refractivity contribution in [1.82, 2.24) is 0 Å². The number of carbonyl (C=O) groups excluding carboxylic acids is 2. The largest absolute Gasteiger partial charge is 0.483 e. The minimum Gasteiger partial charge on any atom is -0.483 e. The number of aldehydes is 1. The fourth-order valence-electron chi connectivity index (χ4n) is 1.77. The van der Waals surface area contributed by atoms with Crippen LogP contribution in [0.1, 0.15) is 15.9 Å². The molecule has 0 aliphatic carbocycles. The highest BCUT2D eigenvalue weighted by Gasteiger charge is 2.10. The molecule has 2 aromatic carbocycles. The van der Waals surface area contributed by atoms with Gasteiger partial charge in [-0.25, -0.2) is 8.78 Å². The number of rotatable bonds is 6. The van der Waals surface area contributed by atoms with E-state index in [1.165, 1.54) is 30.3 Å². The Kier molecular flexibility index (Phi) is 4.77. The summed E-state index contributed by atoms with van der Waals surface area (Å²) in [4.78, 5) is 22.2. The van der Waals surface area contributed by atoms with Crippen LogP contribution in [0.25, 0.3) is 0 Å². The molecule has 0 aliphatic rings. The van der Waals surface area contributed by atoms with Crippen molar-refractivity contribution in [1.29, 1.82) is 0 Å². The van der Waals surface area contributed by atoms with E-state index in [4.69, 9.17) is 4.74 Å². The predicted octanol–water partition coefficient (Wildman–Crippen LogP) is 2.97. The highest BCUT2D eigenvalue weighted by molar-refractivity contribution is 5.82. The van der Waals surface area contributed by atoms with Crippen molar-refractivity contribution < 1.29 is 23.1 Å². The van der Waals surface area contributed by atoms with E-state index in [-0.39, 0.29) is 35.7 Å². The highest BCUT2D eigenvalue weighted by atomic mass is 19.1. The molecule has 108 valence electrons. The second-order valence-electron chi connectivity index (χ2n) is 4.40. The zero-order valence-corrected chi connectivity index (χ0v) is 11.0. The van der Waals surface area contributed by atoms with Crippen LogP contribution in [0.3, 0.4) is 0 Å². The number of ketones is 1. The third-order valence-corrected chi connectivity index (χ3v) is 2.83. The topological polar surface area (TPSA) is 43.4 Å². The molecule has 0 heterocycles. The van der Waals surface area contributed by atoms with Gasteiger partial charge < -0.3 is 4.74 Å². The van der Waals surface area contributed by atoms with Gasteiger partial charge in [0.15, 0.2) is 17.3 Å². The van der Waals surface area contributed by atoms with Gasteiger partial charge in [-0.15, -0.1) is 0 Å². The molecule has 0 amide bonds. The van der Waals surface area contributed by atoms with E-state index in [1.807, 2.05) is 0 Å². The van der Waals surface area contributed by atoms with Crippen LogP contribution in [0.2, 0.25) is 0 Å². The Hall–Kier alpha value is -2.56. The van der Waals surface area contributed by atoms with Crippen LogP contribution >= 0.6 is 0 Å². The molecule has 0 aromatic heterocycles. The first-order valence-electron chi connectivity index (χ1n) is 6.23. The lowest BCUT2D eigenvalue weighted by Crippen LogP contribution is -2.15. The van der Waals surface area contributed by atoms with E-state index in [1.54, 1.807) is 6.07 Å². The van der Waals surface area contributed by atoms with Crippen LogP contribution in [0.5, 0.6) is 5.75 Å². The first kappa shape index (κ1) is 14.8. The predicted molar refractivity (Wildman–Crippen MR) is 72.4 cm³/mol. The maximum absolute atomic E-state index is 13.5. The summed E-state index contributed by atoms with van der Waals surface area (Å²) in [5, 5.41) is 0. The normalized spacial score (nSPS) is 10.2. The summed E-state index contributed by atoms with van der Waals surface area (Å²) in [7, 11) is 0. The monoisotopic (exact) mass is 290 g/mol. The first-order valence-corrected chi connectivity index (χ1v) is 6.23. The molecule has 2 rings (SSSR count). The Morgan fingerprint density at radius 1 is 1.10 bits per heavy atom. The standard InChI is InChI=1S/C16H12F2O3/c17-14-4-2-1-3-12(14)8-13(20)10-21-16-6-5-11(9-19)7-15(16)18/h1-7,9H,8,10H2. The van der Waals surface area contributed by atoms with Gasteiger partial charge in [-0.05, 0) is 29.8 Å². The van der Waals surface area contributed by atoms with Gasteiger partial charge in [-0.1, -0.05) is 18.2 Å². The molecule has 0 N–H and O–H groups in total. The SMILES string of the molecule is O=Cc1ccc(OCC(=O)Cc2ccccc2F)c(F)c1. The lowest BCUT2D eigenvalue weighted by Gasteiger charge is -2.07. The molecule has 21 heavy (non-hydrogen) atoms. The molecular weight excluding hydrogens is 278 g/mol. The van der Waals surface area contributed by atoms with Crippen molar-refractivity contribution in [3.8, 4) is 5.75 Å². The Morgan fingerprint density at radius 2 is 1.86 bits per heavy atom. The third-order valence-electron chi connectivity index (χ3n) is 2.83. The molecule has 0 unspecified atom stereocenters. The van der Waals surface area contributed by atoms with Crippen molar-refractivity contribution in [2.45, 2.75) is 6.42 Å². The van der Waals surface area contributed by atoms with Crippen molar-refractivity contribution in [3.63, 3.8) is 0 Å². The van der Waals surface area contributed by atoms with Crippen LogP contribution in [0, 0.1) is 11.6 Å². The second-order valence-corrected chi connectivity index (χ2v) is 4.40. The van der Waals surface area contributed by atoms with Gasteiger partial charge >= 0.3 is 0 Å². The number of halogens is 2. The van der Waals surface area contributed by atoms with E-state index in [9.17, 15) is 18.4 Å². The van der Waals surface area contributed by atoms with Crippen LogP contribution in [0.15, 0.2) is 42.5 Å². The molecule has 5 heteroatoms. The van der Waals surface area contributed by atoms with E-state index in [0.717, 1.165) is 6.07 Å². The number of hydrogen-bond donors (Lipinski definition) is 0. The molecule has 2 aromatic rings. The van der Waals surface area contributed by atoms with Crippen LogP contribution < -0.4 is 4.74 Å². The molecule has 0 bridgehead atoms. The van der Waals surface area contributed by atoms with Crippen LogP contribution in [-0.4, -0.2) is 18.7 Å². The lowest BCUT2D eigenvalue weighted by molar-refractivity contribution is -0.120. The first-order chi connectivity index (χ1) is 10.1. The van der Waals surface area contributed by atoms with Crippen LogP contribution in [0.4, 0.5) is 8.78 Å². The Bertz CT molecular complexity index is 668. The lowest BCUT2D eigenvalue weighted by atomic mass is 10.1. The summed E-state index contributed by atoms with van der Waals surface area (Å²) < 4.78 is 31.9. The van der Waals surface area contributed by atoms with Crippen molar-refractivity contribution in [3.05, 3.63) is 65.2 Å². The molecule has 0 spiro atoms. The van der Waals surface area contributed by atoms with Crippen LogP contribution in [-0.2, 0) is 11.2 Å². The summed E-state index contributed by atoms with van der Waals surface area (Å²) in [6, 6.07) is 9.61. The highest BCUT2D eigenvalue weighted by Crippen LogP contribution is 2.17. The summed E-state index contributed by atoms with van der Waals surface area (Å²) in [5.74, 6) is -1.69. The number of carbonyl (C=O) groups is 2. The summed E-state index contributed by atoms with van der Waals surface area (Å²) >= 11 is 0. The maximum atomic E-state index is 13.5. The van der Waals surface area contributed by atoms with E-state index in [2.05, 4.69) is 0 Å². The number of benzene rings is 2. The maximum Gasteiger partial charge on any atom is 0.174 e. The zero-order valence-electron chi connectivity index (χ0n) is 11.0. The molecule has 0 atom stereocenters. The quantitative estimate of drug-likeness (QED) is 0.768. The van der Waals surface area contributed by atoms with Crippen molar-refractivity contribution in [2.75, 3.05) is 6.61 Å². The van der Waals surface area contributed by atoms with Crippen molar-refractivity contribution in [2.24, 2.45) is 0 Å². The summed E-state index contributed by atoms with van der Waals surface area (Å²) in [6.07, 6.45) is 0.386. The number of hydrogen-bond acceptors (Lipinski definition) is 3. The van der Waals surface area contributed by atoms with Gasteiger partial charge in [0.2, 0.25) is 0 Å². The second kappa shape index (κ2) is 6.74. The Balaban J connectivity index is 1.95. The Labute approximate surface area is 120 Å². The fourth-order valence-corrected chi connectivity index (χ4v) is 1.77. The van der Waals surface area contributed by atoms with E-state index >= 15 is 0 Å². The van der Waals surface area contributed by atoms with Crippen molar-refractivity contribution >= 4 is 12.1 Å². The molecule has 0 saturated heterocycles. The number of ether oxygens (including phenoxy) is 1. The third kappa shape index (κ3) is 3.95.